The van der Waals surface area contributed by atoms with Gasteiger partial charge in [-0.2, -0.15) is 0 Å². The van der Waals surface area contributed by atoms with E-state index in [1.807, 2.05) is 0 Å². The molecule has 3 amide bonds. The highest BCUT2D eigenvalue weighted by molar-refractivity contribution is 6.00. The van der Waals surface area contributed by atoms with Crippen LogP contribution in [0.4, 0.5) is 10.5 Å². The normalized spacial score (nSPS) is 20.7. The number of carboxylic acid groups (broad SMARTS) is 1. The molecule has 0 bridgehead atoms. The first-order valence-corrected chi connectivity index (χ1v) is 7.71. The fourth-order valence-corrected chi connectivity index (χ4v) is 2.54. The van der Waals surface area contributed by atoms with Gasteiger partial charge in [-0.05, 0) is 32.9 Å². The van der Waals surface area contributed by atoms with Gasteiger partial charge in [-0.25, -0.2) is 4.79 Å². The molecule has 0 fully saturated rings. The van der Waals surface area contributed by atoms with Crippen molar-refractivity contribution in [3.8, 4) is 5.75 Å². The summed E-state index contributed by atoms with van der Waals surface area (Å²) in [6.07, 6.45) is -1.80. The summed E-state index contributed by atoms with van der Waals surface area (Å²) in [6, 6.07) is 5.13. The third kappa shape index (κ3) is 3.58. The Morgan fingerprint density at radius 3 is 2.71 bits per heavy atom. The Hall–Kier alpha value is -2.77. The highest BCUT2D eigenvalue weighted by atomic mass is 16.5. The van der Waals surface area contributed by atoms with E-state index in [2.05, 4.69) is 10.6 Å². The molecule has 0 saturated carbocycles. The van der Waals surface area contributed by atoms with E-state index in [9.17, 15) is 14.4 Å². The van der Waals surface area contributed by atoms with Crippen LogP contribution in [0.3, 0.4) is 0 Å². The Kier molecular flexibility index (Phi) is 5.28. The van der Waals surface area contributed by atoms with Gasteiger partial charge in [0.15, 0.2) is 0 Å². The molecule has 8 heteroatoms. The molecule has 3 atom stereocenters. The number of likely N-dealkylation sites (N-methyl/N-ethyl adjacent to an activating group) is 1. The van der Waals surface area contributed by atoms with Gasteiger partial charge in [0.25, 0.3) is 5.91 Å². The number of carbonyl (C=O) groups excluding carboxylic acids is 2. The standard InChI is InChI=1S/C16H21N3O5/c1-4-19(16(22)23)9(2)14(20)18-13-10(3)24-12-8-6-5-7-11(12)17-15(13)21/h5-10,13H,4H2,1-3H3,(H,17,21)(H,18,20)(H,22,23)/t9-,10-,13-/m0/s1. The van der Waals surface area contributed by atoms with E-state index >= 15 is 0 Å². The SMILES string of the molecule is CCN(C(=O)O)[C@@H](C)C(=O)N[C@@H]1C(=O)Nc2ccccc2O[C@H]1C. The summed E-state index contributed by atoms with van der Waals surface area (Å²) >= 11 is 0. The number of amides is 3. The molecule has 0 unspecified atom stereocenters. The van der Waals surface area contributed by atoms with Crippen LogP contribution in [0.1, 0.15) is 20.8 Å². The second-order valence-corrected chi connectivity index (χ2v) is 5.54. The number of benzene rings is 1. The van der Waals surface area contributed by atoms with Gasteiger partial charge in [-0.15, -0.1) is 0 Å². The van der Waals surface area contributed by atoms with E-state index in [4.69, 9.17) is 9.84 Å². The lowest BCUT2D eigenvalue weighted by Crippen LogP contribution is -2.56. The monoisotopic (exact) mass is 335 g/mol. The summed E-state index contributed by atoms with van der Waals surface area (Å²) in [6.45, 7) is 4.95. The van der Waals surface area contributed by atoms with Crippen LogP contribution in [0.25, 0.3) is 0 Å². The topological polar surface area (TPSA) is 108 Å². The first-order chi connectivity index (χ1) is 11.3. The van der Waals surface area contributed by atoms with E-state index in [0.29, 0.717) is 11.4 Å². The zero-order chi connectivity index (χ0) is 17.9. The van der Waals surface area contributed by atoms with Crippen molar-refractivity contribution in [2.24, 2.45) is 0 Å². The van der Waals surface area contributed by atoms with Gasteiger partial charge in [-0.1, -0.05) is 12.1 Å². The fraction of sp³-hybridized carbons (Fsp3) is 0.438. The zero-order valence-corrected chi connectivity index (χ0v) is 13.8. The first kappa shape index (κ1) is 17.6. The summed E-state index contributed by atoms with van der Waals surface area (Å²) in [7, 11) is 0. The van der Waals surface area contributed by atoms with Crippen molar-refractivity contribution in [3.63, 3.8) is 0 Å². The van der Waals surface area contributed by atoms with E-state index in [-0.39, 0.29) is 6.54 Å². The molecule has 0 aliphatic carbocycles. The van der Waals surface area contributed by atoms with Gasteiger partial charge in [0.1, 0.15) is 23.9 Å². The van der Waals surface area contributed by atoms with E-state index in [0.717, 1.165) is 4.90 Å². The van der Waals surface area contributed by atoms with Gasteiger partial charge >= 0.3 is 6.09 Å². The number of para-hydroxylation sites is 2. The predicted molar refractivity (Wildman–Crippen MR) is 87.0 cm³/mol. The van der Waals surface area contributed by atoms with Crippen LogP contribution in [-0.2, 0) is 9.59 Å². The van der Waals surface area contributed by atoms with Crippen molar-refractivity contribution in [2.75, 3.05) is 11.9 Å². The first-order valence-electron chi connectivity index (χ1n) is 7.71. The van der Waals surface area contributed by atoms with Crippen LogP contribution in [0.2, 0.25) is 0 Å². The molecule has 2 rings (SSSR count). The highest BCUT2D eigenvalue weighted by Crippen LogP contribution is 2.28. The number of rotatable bonds is 4. The summed E-state index contributed by atoms with van der Waals surface area (Å²) in [5.74, 6) is -0.448. The summed E-state index contributed by atoms with van der Waals surface area (Å²) < 4.78 is 5.73. The van der Waals surface area contributed by atoms with E-state index in [1.165, 1.54) is 6.92 Å². The minimum atomic E-state index is -1.19. The van der Waals surface area contributed by atoms with Crippen molar-refractivity contribution in [3.05, 3.63) is 24.3 Å². The average molecular weight is 335 g/mol. The van der Waals surface area contributed by atoms with Crippen LogP contribution < -0.4 is 15.4 Å². The lowest BCUT2D eigenvalue weighted by molar-refractivity contribution is -0.130. The van der Waals surface area contributed by atoms with Crippen molar-refractivity contribution in [1.29, 1.82) is 0 Å². The fourth-order valence-electron chi connectivity index (χ4n) is 2.54. The zero-order valence-electron chi connectivity index (χ0n) is 13.8. The molecule has 1 heterocycles. The number of ether oxygens (including phenoxy) is 1. The van der Waals surface area contributed by atoms with Gasteiger partial charge in [0.05, 0.1) is 5.69 Å². The highest BCUT2D eigenvalue weighted by Gasteiger charge is 2.34. The smallest absolute Gasteiger partial charge is 0.407 e. The number of nitrogens with zero attached hydrogens (tertiary/aromatic N) is 1. The molecule has 3 N–H and O–H groups in total. The Morgan fingerprint density at radius 2 is 2.08 bits per heavy atom. The van der Waals surface area contributed by atoms with Gasteiger partial charge in [-0.3, -0.25) is 14.5 Å². The maximum Gasteiger partial charge on any atom is 0.407 e. The number of anilines is 1. The Labute approximate surface area is 139 Å². The number of hydrogen-bond donors (Lipinski definition) is 3. The summed E-state index contributed by atoms with van der Waals surface area (Å²) in [4.78, 5) is 36.9. The van der Waals surface area contributed by atoms with Crippen LogP contribution in [0, 0.1) is 0 Å². The van der Waals surface area contributed by atoms with Gasteiger partial charge in [0, 0.05) is 6.54 Å². The Balaban J connectivity index is 2.13. The van der Waals surface area contributed by atoms with Crippen LogP contribution in [0.5, 0.6) is 5.75 Å². The molecular formula is C16H21N3O5. The van der Waals surface area contributed by atoms with Gasteiger partial charge < -0.3 is 20.5 Å². The van der Waals surface area contributed by atoms with Crippen LogP contribution in [0.15, 0.2) is 24.3 Å². The number of nitrogens with one attached hydrogen (secondary N) is 2. The third-order valence-corrected chi connectivity index (χ3v) is 3.94. The molecule has 0 saturated heterocycles. The maximum absolute atomic E-state index is 12.4. The molecule has 0 radical (unpaired) electrons. The minimum Gasteiger partial charge on any atom is -0.486 e. The molecule has 8 nitrogen and oxygen atoms in total. The molecule has 1 aromatic rings. The minimum absolute atomic E-state index is 0.165. The van der Waals surface area contributed by atoms with Crippen molar-refractivity contribution in [1.82, 2.24) is 10.2 Å². The Morgan fingerprint density at radius 1 is 1.42 bits per heavy atom. The molecule has 130 valence electrons. The van der Waals surface area contributed by atoms with E-state index < -0.39 is 36.1 Å². The lowest BCUT2D eigenvalue weighted by atomic mass is 10.1. The van der Waals surface area contributed by atoms with Crippen molar-refractivity contribution >= 4 is 23.6 Å². The number of fused-ring (bicyclic) bond motifs is 1. The third-order valence-electron chi connectivity index (χ3n) is 3.94. The lowest BCUT2D eigenvalue weighted by Gasteiger charge is -2.27. The van der Waals surface area contributed by atoms with E-state index in [1.54, 1.807) is 38.1 Å². The largest absolute Gasteiger partial charge is 0.486 e. The molecule has 1 aliphatic heterocycles. The molecule has 1 aromatic carbocycles. The molecule has 24 heavy (non-hydrogen) atoms. The second kappa shape index (κ2) is 7.20. The quantitative estimate of drug-likeness (QED) is 0.768. The molecular weight excluding hydrogens is 314 g/mol. The van der Waals surface area contributed by atoms with Crippen LogP contribution in [-0.4, -0.2) is 52.6 Å². The molecule has 0 aromatic heterocycles. The molecule has 0 spiro atoms. The number of carbonyl (C=O) groups is 3. The maximum atomic E-state index is 12.4. The average Bonchev–Trinajstić information content (AvgIpc) is 2.64. The Bertz CT molecular complexity index is 648. The second-order valence-electron chi connectivity index (χ2n) is 5.54. The molecule has 1 aliphatic rings. The van der Waals surface area contributed by atoms with Crippen molar-refractivity contribution in [2.45, 2.75) is 39.0 Å². The summed E-state index contributed by atoms with van der Waals surface area (Å²) in [5, 5.41) is 14.4. The van der Waals surface area contributed by atoms with Gasteiger partial charge in [0.2, 0.25) is 5.91 Å². The number of hydrogen-bond acceptors (Lipinski definition) is 4. The predicted octanol–water partition coefficient (Wildman–Crippen LogP) is 1.28. The van der Waals surface area contributed by atoms with Crippen molar-refractivity contribution < 1.29 is 24.2 Å². The van der Waals surface area contributed by atoms with Crippen LogP contribution >= 0.6 is 0 Å². The summed E-state index contributed by atoms with van der Waals surface area (Å²) in [5.41, 5.74) is 0.528.